The largest absolute Gasteiger partial charge is 0.444 e. The van der Waals surface area contributed by atoms with Crippen LogP contribution in [-0.4, -0.2) is 60.3 Å². The number of nitrogens with one attached hydrogen (secondary N) is 1. The van der Waals surface area contributed by atoms with E-state index >= 15 is 0 Å². The van der Waals surface area contributed by atoms with E-state index in [0.717, 1.165) is 5.56 Å². The van der Waals surface area contributed by atoms with E-state index in [1.54, 1.807) is 20.8 Å². The van der Waals surface area contributed by atoms with Gasteiger partial charge < -0.3 is 34.1 Å². The molecule has 2 N–H and O–H groups in total. The summed E-state index contributed by atoms with van der Waals surface area (Å²) in [6.07, 6.45) is -2.55. The van der Waals surface area contributed by atoms with Crippen LogP contribution in [0.1, 0.15) is 40.2 Å². The molecule has 168 valence electrons. The van der Waals surface area contributed by atoms with E-state index in [1.165, 1.54) is 0 Å². The first-order valence-electron chi connectivity index (χ1n) is 10.3. The molecule has 3 rings (SSSR count). The van der Waals surface area contributed by atoms with Crippen LogP contribution in [-0.2, 0) is 30.3 Å². The molecule has 1 aromatic rings. The van der Waals surface area contributed by atoms with Crippen molar-refractivity contribution in [2.24, 2.45) is 5.92 Å². The van der Waals surface area contributed by atoms with Crippen molar-refractivity contribution in [2.75, 3.05) is 13.2 Å². The summed E-state index contributed by atoms with van der Waals surface area (Å²) in [5.41, 5.74) is 0.416. The maximum atomic E-state index is 12.0. The molecule has 0 aromatic heterocycles. The Morgan fingerprint density at radius 2 is 1.93 bits per heavy atom. The zero-order chi connectivity index (χ0) is 21.9. The van der Waals surface area contributed by atoms with Crippen molar-refractivity contribution in [1.82, 2.24) is 5.32 Å². The number of aliphatic hydroxyl groups is 1. The number of hydrogen-bond acceptors (Lipinski definition) is 7. The summed E-state index contributed by atoms with van der Waals surface area (Å²) in [5.74, 6) is -1.20. The average molecular weight is 424 g/mol. The summed E-state index contributed by atoms with van der Waals surface area (Å²) < 4.78 is 29.4. The number of rotatable bonds is 7. The first kappa shape index (κ1) is 23.0. The fraction of sp³-hybridized carbons (Fsp3) is 0.682. The number of amides is 1. The third-order valence-electron chi connectivity index (χ3n) is 4.92. The second-order valence-electron chi connectivity index (χ2n) is 9.16. The molecule has 2 saturated heterocycles. The van der Waals surface area contributed by atoms with Gasteiger partial charge in [-0.1, -0.05) is 30.3 Å². The second kappa shape index (κ2) is 9.20. The molecule has 8 heteroatoms. The predicted molar refractivity (Wildman–Crippen MR) is 109 cm³/mol. The lowest BCUT2D eigenvalue weighted by Crippen LogP contribution is -2.46. The fourth-order valence-electron chi connectivity index (χ4n) is 3.65. The van der Waals surface area contributed by atoms with Gasteiger partial charge in [-0.25, -0.2) is 4.79 Å². The Balaban J connectivity index is 1.67. The van der Waals surface area contributed by atoms with Gasteiger partial charge in [0.1, 0.15) is 17.8 Å². The van der Waals surface area contributed by atoms with E-state index in [-0.39, 0.29) is 13.2 Å². The Morgan fingerprint density at radius 3 is 2.57 bits per heavy atom. The van der Waals surface area contributed by atoms with Crippen molar-refractivity contribution >= 4 is 6.09 Å². The van der Waals surface area contributed by atoms with Gasteiger partial charge in [0.25, 0.3) is 0 Å². The standard InChI is InChI=1S/C22H33NO7/c1-21(2,3)30-20(25)23-11-15(12-24)16-17(26-13-14-9-7-6-8-10-14)18-19(27-16)29-22(4,5)28-18/h6-10,15-19,24H,11-13H2,1-5H3,(H,23,25)/t15-,16+,17-,18+,19+/m0/s1. The minimum absolute atomic E-state index is 0.171. The molecule has 5 atom stereocenters. The third-order valence-corrected chi connectivity index (χ3v) is 4.92. The maximum Gasteiger partial charge on any atom is 0.407 e. The lowest BCUT2D eigenvalue weighted by atomic mass is 9.97. The van der Waals surface area contributed by atoms with Gasteiger partial charge in [-0.15, -0.1) is 0 Å². The summed E-state index contributed by atoms with van der Waals surface area (Å²) in [4.78, 5) is 12.0. The molecule has 1 amide bonds. The summed E-state index contributed by atoms with van der Waals surface area (Å²) in [6, 6.07) is 9.80. The molecular weight excluding hydrogens is 390 g/mol. The summed E-state index contributed by atoms with van der Waals surface area (Å²) >= 11 is 0. The molecule has 8 nitrogen and oxygen atoms in total. The van der Waals surface area contributed by atoms with Crippen molar-refractivity contribution in [3.8, 4) is 0 Å². The quantitative estimate of drug-likeness (QED) is 0.696. The van der Waals surface area contributed by atoms with E-state index in [0.29, 0.717) is 6.61 Å². The molecule has 2 aliphatic heterocycles. The molecule has 0 unspecified atom stereocenters. The zero-order valence-corrected chi connectivity index (χ0v) is 18.3. The SMILES string of the molecule is CC(C)(C)OC(=O)NC[C@@H](CO)[C@H]1O[C@@H]2OC(C)(C)O[C@@H]2[C@H]1OCc1ccccc1. The van der Waals surface area contributed by atoms with Crippen molar-refractivity contribution in [3.05, 3.63) is 35.9 Å². The van der Waals surface area contributed by atoms with E-state index in [2.05, 4.69) is 5.32 Å². The van der Waals surface area contributed by atoms with Gasteiger partial charge in [0.2, 0.25) is 0 Å². The zero-order valence-electron chi connectivity index (χ0n) is 18.3. The van der Waals surface area contributed by atoms with Crippen LogP contribution in [0.4, 0.5) is 4.79 Å². The molecule has 2 aliphatic rings. The molecular formula is C22H33NO7. The molecule has 2 fully saturated rings. The molecule has 0 bridgehead atoms. The van der Waals surface area contributed by atoms with E-state index in [9.17, 15) is 9.90 Å². The van der Waals surface area contributed by atoms with E-state index in [4.69, 9.17) is 23.7 Å². The monoisotopic (exact) mass is 423 g/mol. The summed E-state index contributed by atoms with van der Waals surface area (Å²) in [5, 5.41) is 12.7. The molecule has 2 heterocycles. The highest BCUT2D eigenvalue weighted by Gasteiger charge is 2.57. The first-order chi connectivity index (χ1) is 14.1. The van der Waals surface area contributed by atoms with Gasteiger partial charge in [-0.2, -0.15) is 0 Å². The van der Waals surface area contributed by atoms with Crippen molar-refractivity contribution < 1.29 is 33.6 Å². The number of ether oxygens (including phenoxy) is 5. The Morgan fingerprint density at radius 1 is 1.23 bits per heavy atom. The molecule has 1 aromatic carbocycles. The highest BCUT2D eigenvalue weighted by molar-refractivity contribution is 5.67. The van der Waals surface area contributed by atoms with Crippen LogP contribution in [0.2, 0.25) is 0 Å². The Labute approximate surface area is 177 Å². The van der Waals surface area contributed by atoms with Gasteiger partial charge in [0.05, 0.1) is 19.3 Å². The van der Waals surface area contributed by atoms with Crippen molar-refractivity contribution in [2.45, 2.75) is 77.2 Å². The Bertz CT molecular complexity index is 703. The van der Waals surface area contributed by atoms with Gasteiger partial charge >= 0.3 is 6.09 Å². The highest BCUT2D eigenvalue weighted by Crippen LogP contribution is 2.41. The number of carbonyl (C=O) groups excluding carboxylic acids is 1. The van der Waals surface area contributed by atoms with Crippen LogP contribution >= 0.6 is 0 Å². The topological polar surface area (TPSA) is 95.5 Å². The van der Waals surface area contributed by atoms with Crippen LogP contribution in [0.3, 0.4) is 0 Å². The van der Waals surface area contributed by atoms with Crippen molar-refractivity contribution in [1.29, 1.82) is 0 Å². The third kappa shape index (κ3) is 5.92. The number of hydrogen-bond donors (Lipinski definition) is 2. The molecule has 0 radical (unpaired) electrons. The van der Waals surface area contributed by atoms with Crippen LogP contribution in [0.5, 0.6) is 0 Å². The normalized spacial score (nSPS) is 28.7. The predicted octanol–water partition coefficient (Wildman–Crippen LogP) is 2.58. The molecule has 0 saturated carbocycles. The average Bonchev–Trinajstić information content (AvgIpc) is 3.12. The van der Waals surface area contributed by atoms with E-state index in [1.807, 2.05) is 44.2 Å². The number of benzene rings is 1. The molecule has 0 aliphatic carbocycles. The fourth-order valence-corrected chi connectivity index (χ4v) is 3.65. The van der Waals surface area contributed by atoms with Crippen molar-refractivity contribution in [3.63, 3.8) is 0 Å². The Hall–Kier alpha value is -1.71. The molecule has 30 heavy (non-hydrogen) atoms. The van der Waals surface area contributed by atoms with Crippen LogP contribution in [0, 0.1) is 5.92 Å². The van der Waals surface area contributed by atoms with Gasteiger partial charge in [0, 0.05) is 12.5 Å². The smallest absolute Gasteiger partial charge is 0.407 e. The number of alkyl carbamates (subject to hydrolysis) is 1. The van der Waals surface area contributed by atoms with Crippen LogP contribution in [0.25, 0.3) is 0 Å². The highest BCUT2D eigenvalue weighted by atomic mass is 16.8. The van der Waals surface area contributed by atoms with Gasteiger partial charge in [-0.3, -0.25) is 0 Å². The van der Waals surface area contributed by atoms with Crippen LogP contribution in [0.15, 0.2) is 30.3 Å². The molecule has 0 spiro atoms. The number of aliphatic hydroxyl groups excluding tert-OH is 1. The summed E-state index contributed by atoms with van der Waals surface area (Å²) in [6.45, 7) is 9.37. The van der Waals surface area contributed by atoms with E-state index < -0.39 is 48.0 Å². The lowest BCUT2D eigenvalue weighted by Gasteiger charge is -2.30. The minimum Gasteiger partial charge on any atom is -0.444 e. The lowest BCUT2D eigenvalue weighted by molar-refractivity contribution is -0.226. The van der Waals surface area contributed by atoms with Crippen LogP contribution < -0.4 is 5.32 Å². The maximum absolute atomic E-state index is 12.0. The number of carbonyl (C=O) groups is 1. The first-order valence-corrected chi connectivity index (χ1v) is 10.3. The van der Waals surface area contributed by atoms with Gasteiger partial charge in [0.15, 0.2) is 12.1 Å². The minimum atomic E-state index is -0.780. The van der Waals surface area contributed by atoms with Gasteiger partial charge in [-0.05, 0) is 40.2 Å². The second-order valence-corrected chi connectivity index (χ2v) is 9.16. The number of fused-ring (bicyclic) bond motifs is 1. The summed E-state index contributed by atoms with van der Waals surface area (Å²) in [7, 11) is 0. The Kier molecular flexibility index (Phi) is 7.04.